The first-order valence-corrected chi connectivity index (χ1v) is 7.13. The Balaban J connectivity index is 1.76. The minimum Gasteiger partial charge on any atom is -0.383 e. The van der Waals surface area contributed by atoms with Crippen LogP contribution in [0.1, 0.15) is 22.8 Å². The van der Waals surface area contributed by atoms with Crippen LogP contribution in [0.3, 0.4) is 0 Å². The van der Waals surface area contributed by atoms with Gasteiger partial charge in [-0.3, -0.25) is 9.48 Å². The number of aromatic amines is 1. The Morgan fingerprint density at radius 1 is 1.52 bits per heavy atom. The Morgan fingerprint density at radius 2 is 2.30 bits per heavy atom. The van der Waals surface area contributed by atoms with Crippen LogP contribution >= 0.6 is 0 Å². The summed E-state index contributed by atoms with van der Waals surface area (Å²) in [7, 11) is 1.75. The fourth-order valence-electron chi connectivity index (χ4n) is 2.44. The van der Waals surface area contributed by atoms with Gasteiger partial charge in [-0.15, -0.1) is 0 Å². The van der Waals surface area contributed by atoms with Crippen molar-refractivity contribution in [3.8, 4) is 0 Å². The zero-order valence-corrected chi connectivity index (χ0v) is 12.8. The molecule has 2 aromatic heterocycles. The van der Waals surface area contributed by atoms with Gasteiger partial charge >= 0.3 is 0 Å². The van der Waals surface area contributed by atoms with E-state index in [0.717, 1.165) is 0 Å². The molecule has 0 bridgehead atoms. The fraction of sp³-hybridized carbons (Fsp3) is 0.250. The highest BCUT2D eigenvalue weighted by Crippen LogP contribution is 2.21. The van der Waals surface area contributed by atoms with Crippen molar-refractivity contribution < 1.29 is 14.3 Å². The topological polar surface area (TPSA) is 82.9 Å². The SMILES string of the molecule is Cn1cc(C(C)(O)CNC(=O)c2c[nH]c3cc(F)ccc23)cn1. The van der Waals surface area contributed by atoms with Gasteiger partial charge in [-0.05, 0) is 25.1 Å². The number of hydrogen-bond acceptors (Lipinski definition) is 3. The number of hydrogen-bond donors (Lipinski definition) is 3. The number of rotatable bonds is 4. The van der Waals surface area contributed by atoms with Crippen molar-refractivity contribution in [1.29, 1.82) is 0 Å². The van der Waals surface area contributed by atoms with Crippen LogP contribution in [0.2, 0.25) is 0 Å². The summed E-state index contributed by atoms with van der Waals surface area (Å²) in [6, 6.07) is 4.19. The van der Waals surface area contributed by atoms with Gasteiger partial charge < -0.3 is 15.4 Å². The molecule has 1 atom stereocenters. The molecule has 120 valence electrons. The third kappa shape index (κ3) is 2.95. The molecule has 0 fully saturated rings. The number of carbonyl (C=O) groups excluding carboxylic acids is 1. The lowest BCUT2D eigenvalue weighted by atomic mass is 9.99. The first kappa shape index (κ1) is 15.2. The van der Waals surface area contributed by atoms with E-state index in [9.17, 15) is 14.3 Å². The second-order valence-corrected chi connectivity index (χ2v) is 5.75. The van der Waals surface area contributed by atoms with Gasteiger partial charge in [-0.1, -0.05) is 0 Å². The molecule has 2 heterocycles. The quantitative estimate of drug-likeness (QED) is 0.685. The predicted molar refractivity (Wildman–Crippen MR) is 83.4 cm³/mol. The summed E-state index contributed by atoms with van der Waals surface area (Å²) in [6.07, 6.45) is 4.78. The largest absolute Gasteiger partial charge is 0.383 e. The maximum Gasteiger partial charge on any atom is 0.253 e. The highest BCUT2D eigenvalue weighted by atomic mass is 19.1. The molecule has 0 aliphatic heterocycles. The number of nitrogens with zero attached hydrogens (tertiary/aromatic N) is 2. The van der Waals surface area contributed by atoms with Crippen LogP contribution in [0.4, 0.5) is 4.39 Å². The molecule has 3 rings (SSSR count). The molecule has 0 spiro atoms. The Morgan fingerprint density at radius 3 is 3.00 bits per heavy atom. The molecule has 6 nitrogen and oxygen atoms in total. The highest BCUT2D eigenvalue weighted by molar-refractivity contribution is 6.06. The number of carbonyl (C=O) groups is 1. The Labute approximate surface area is 131 Å². The molecular formula is C16H17FN4O2. The van der Waals surface area contributed by atoms with E-state index >= 15 is 0 Å². The van der Waals surface area contributed by atoms with E-state index in [2.05, 4.69) is 15.4 Å². The van der Waals surface area contributed by atoms with E-state index in [1.165, 1.54) is 18.3 Å². The number of aryl methyl sites for hydroxylation is 1. The molecule has 1 unspecified atom stereocenters. The molecule has 0 aliphatic carbocycles. The summed E-state index contributed by atoms with van der Waals surface area (Å²) in [5.41, 5.74) is 0.333. The van der Waals surface area contributed by atoms with Crippen molar-refractivity contribution in [2.24, 2.45) is 7.05 Å². The van der Waals surface area contributed by atoms with E-state index in [1.54, 1.807) is 37.1 Å². The summed E-state index contributed by atoms with van der Waals surface area (Å²) in [4.78, 5) is 15.2. The van der Waals surface area contributed by atoms with Gasteiger partial charge in [0.25, 0.3) is 5.91 Å². The smallest absolute Gasteiger partial charge is 0.253 e. The summed E-state index contributed by atoms with van der Waals surface area (Å²) in [6.45, 7) is 1.64. The Bertz CT molecular complexity index is 866. The molecule has 0 radical (unpaired) electrons. The minimum absolute atomic E-state index is 0.0331. The molecule has 3 aromatic rings. The van der Waals surface area contributed by atoms with Crippen LogP contribution in [0, 0.1) is 5.82 Å². The number of H-pyrrole nitrogens is 1. The van der Waals surface area contributed by atoms with Crippen molar-refractivity contribution in [3.63, 3.8) is 0 Å². The summed E-state index contributed by atoms with van der Waals surface area (Å²) in [5, 5.41) is 17.8. The number of halogens is 1. The van der Waals surface area contributed by atoms with Crippen LogP contribution in [-0.4, -0.2) is 32.3 Å². The standard InChI is InChI=1S/C16H17FN4O2/c1-16(23,10-6-20-21(2)8-10)9-19-15(22)13-7-18-14-5-11(17)3-4-12(13)14/h3-8,18,23H,9H2,1-2H3,(H,19,22). The summed E-state index contributed by atoms with van der Waals surface area (Å²) >= 11 is 0. The normalized spacial score (nSPS) is 13.9. The molecule has 1 aromatic carbocycles. The summed E-state index contributed by atoms with van der Waals surface area (Å²) < 4.78 is 14.8. The molecule has 1 amide bonds. The number of fused-ring (bicyclic) bond motifs is 1. The van der Waals surface area contributed by atoms with Gasteiger partial charge in [-0.2, -0.15) is 5.10 Å². The molecule has 7 heteroatoms. The number of nitrogens with one attached hydrogen (secondary N) is 2. The monoisotopic (exact) mass is 316 g/mol. The van der Waals surface area contributed by atoms with Gasteiger partial charge in [-0.25, -0.2) is 4.39 Å². The van der Waals surface area contributed by atoms with Gasteiger partial charge in [0.05, 0.1) is 18.3 Å². The van der Waals surface area contributed by atoms with Gasteiger partial charge in [0.1, 0.15) is 11.4 Å². The van der Waals surface area contributed by atoms with E-state index in [1.807, 2.05) is 0 Å². The number of benzene rings is 1. The molecule has 3 N–H and O–H groups in total. The molecular weight excluding hydrogens is 299 g/mol. The molecule has 0 saturated heterocycles. The third-order valence-corrected chi connectivity index (χ3v) is 3.81. The molecule has 23 heavy (non-hydrogen) atoms. The van der Waals surface area contributed by atoms with Crippen LogP contribution in [0.15, 0.2) is 36.8 Å². The molecule has 0 aliphatic rings. The molecule has 0 saturated carbocycles. The van der Waals surface area contributed by atoms with Gasteiger partial charge in [0.2, 0.25) is 0 Å². The Kier molecular flexibility index (Phi) is 3.65. The zero-order chi connectivity index (χ0) is 16.6. The van der Waals surface area contributed by atoms with E-state index in [-0.39, 0.29) is 18.3 Å². The van der Waals surface area contributed by atoms with Crippen LogP contribution in [-0.2, 0) is 12.6 Å². The number of aromatic nitrogens is 3. The average Bonchev–Trinajstić information content (AvgIpc) is 3.11. The first-order valence-electron chi connectivity index (χ1n) is 7.13. The second-order valence-electron chi connectivity index (χ2n) is 5.75. The predicted octanol–water partition coefficient (Wildman–Crippen LogP) is 1.68. The fourth-order valence-corrected chi connectivity index (χ4v) is 2.44. The first-order chi connectivity index (χ1) is 10.9. The van der Waals surface area contributed by atoms with Crippen LogP contribution in [0.25, 0.3) is 10.9 Å². The number of aliphatic hydroxyl groups is 1. The lowest BCUT2D eigenvalue weighted by molar-refractivity contribution is 0.0526. The lowest BCUT2D eigenvalue weighted by Crippen LogP contribution is -2.38. The Hall–Kier alpha value is -2.67. The second kappa shape index (κ2) is 5.51. The minimum atomic E-state index is -1.23. The average molecular weight is 316 g/mol. The van der Waals surface area contributed by atoms with E-state index < -0.39 is 5.60 Å². The van der Waals surface area contributed by atoms with E-state index in [4.69, 9.17) is 0 Å². The third-order valence-electron chi connectivity index (χ3n) is 3.81. The van der Waals surface area contributed by atoms with Gasteiger partial charge in [0.15, 0.2) is 0 Å². The van der Waals surface area contributed by atoms with Gasteiger partial charge in [0, 0.05) is 35.9 Å². The van der Waals surface area contributed by atoms with Crippen LogP contribution in [0.5, 0.6) is 0 Å². The van der Waals surface area contributed by atoms with Crippen LogP contribution < -0.4 is 5.32 Å². The van der Waals surface area contributed by atoms with Crippen molar-refractivity contribution in [2.45, 2.75) is 12.5 Å². The van der Waals surface area contributed by atoms with Crippen molar-refractivity contribution in [1.82, 2.24) is 20.1 Å². The van der Waals surface area contributed by atoms with Crippen molar-refractivity contribution >= 4 is 16.8 Å². The van der Waals surface area contributed by atoms with E-state index in [0.29, 0.717) is 22.0 Å². The lowest BCUT2D eigenvalue weighted by Gasteiger charge is -2.22. The zero-order valence-electron chi connectivity index (χ0n) is 12.8. The van der Waals surface area contributed by atoms with Crippen molar-refractivity contribution in [3.05, 3.63) is 53.7 Å². The number of amides is 1. The maximum absolute atomic E-state index is 13.2. The maximum atomic E-state index is 13.2. The highest BCUT2D eigenvalue weighted by Gasteiger charge is 2.26. The summed E-state index contributed by atoms with van der Waals surface area (Å²) in [5.74, 6) is -0.710. The van der Waals surface area contributed by atoms with Crippen molar-refractivity contribution in [2.75, 3.05) is 6.54 Å².